The number of halogens is 1. The molecular weight excluding hydrogens is 441 g/mol. The van der Waals surface area contributed by atoms with E-state index in [4.69, 9.17) is 0 Å². The fourth-order valence-electron chi connectivity index (χ4n) is 4.41. The first-order valence-electron chi connectivity index (χ1n) is 11.1. The van der Waals surface area contributed by atoms with Gasteiger partial charge in [-0.15, -0.1) is 0 Å². The van der Waals surface area contributed by atoms with Crippen molar-refractivity contribution in [3.8, 4) is 0 Å². The van der Waals surface area contributed by atoms with Crippen LogP contribution in [-0.2, 0) is 0 Å². The summed E-state index contributed by atoms with van der Waals surface area (Å²) in [6.07, 6.45) is 3.57. The summed E-state index contributed by atoms with van der Waals surface area (Å²) in [6.45, 7) is 2.99. The molecule has 0 unspecified atom stereocenters. The lowest BCUT2D eigenvalue weighted by Crippen LogP contribution is -2.43. The topological polar surface area (TPSA) is 79.3 Å². The first-order chi connectivity index (χ1) is 16.1. The highest BCUT2D eigenvalue weighted by Gasteiger charge is 2.28. The second-order valence-corrected chi connectivity index (χ2v) is 9.54. The Kier molecular flexibility index (Phi) is 4.88. The number of aromatic nitrogens is 2. The van der Waals surface area contributed by atoms with Crippen molar-refractivity contribution in [3.63, 3.8) is 0 Å². The summed E-state index contributed by atoms with van der Waals surface area (Å²) >= 11 is 1.35. The monoisotopic (exact) mass is 463 g/mol. The van der Waals surface area contributed by atoms with Crippen molar-refractivity contribution in [1.29, 1.82) is 0 Å². The Bertz CT molecular complexity index is 1420. The number of thiazole rings is 1. The molecule has 1 saturated heterocycles. The second kappa shape index (κ2) is 7.93. The van der Waals surface area contributed by atoms with Gasteiger partial charge in [-0.2, -0.15) is 0 Å². The van der Waals surface area contributed by atoms with E-state index in [9.17, 15) is 9.59 Å². The minimum atomic E-state index is -0.526. The van der Waals surface area contributed by atoms with Gasteiger partial charge in [0.05, 0.1) is 21.4 Å². The Balaban J connectivity index is 1.42. The number of fused-ring (bicyclic) bond motifs is 2. The maximum atomic E-state index is 15.1. The number of pyridine rings is 1. The molecule has 2 fully saturated rings. The quantitative estimate of drug-likeness (QED) is 0.482. The van der Waals surface area contributed by atoms with E-state index in [1.165, 1.54) is 17.4 Å². The molecule has 1 aliphatic carbocycles. The lowest BCUT2D eigenvalue weighted by atomic mass is 10.1. The molecule has 3 heterocycles. The molecule has 0 bridgehead atoms. The van der Waals surface area contributed by atoms with Crippen LogP contribution in [0.2, 0.25) is 0 Å². The number of benzene rings is 2. The highest BCUT2D eigenvalue weighted by molar-refractivity contribution is 7.22. The maximum absolute atomic E-state index is 15.1. The van der Waals surface area contributed by atoms with Crippen LogP contribution in [0.15, 0.2) is 47.4 Å². The molecule has 1 aliphatic heterocycles. The molecule has 2 N–H and O–H groups in total. The zero-order valence-corrected chi connectivity index (χ0v) is 18.6. The third kappa shape index (κ3) is 3.67. The second-order valence-electron chi connectivity index (χ2n) is 8.51. The number of nitrogens with one attached hydrogen (secondary N) is 2. The van der Waals surface area contributed by atoms with E-state index in [1.54, 1.807) is 12.3 Å². The van der Waals surface area contributed by atoms with Crippen LogP contribution in [-0.4, -0.2) is 41.6 Å². The molecule has 7 nitrogen and oxygen atoms in total. The van der Waals surface area contributed by atoms with Crippen molar-refractivity contribution in [2.45, 2.75) is 18.9 Å². The Morgan fingerprint density at radius 2 is 1.97 bits per heavy atom. The molecule has 33 heavy (non-hydrogen) atoms. The summed E-state index contributed by atoms with van der Waals surface area (Å²) in [6, 6.07) is 10.9. The van der Waals surface area contributed by atoms with Crippen LogP contribution in [0.25, 0.3) is 21.1 Å². The van der Waals surface area contributed by atoms with Crippen LogP contribution in [0.1, 0.15) is 29.2 Å². The summed E-state index contributed by atoms with van der Waals surface area (Å²) in [5, 5.41) is 6.69. The van der Waals surface area contributed by atoms with Gasteiger partial charge in [0, 0.05) is 43.8 Å². The normalized spacial score (nSPS) is 16.5. The molecule has 1 amide bonds. The van der Waals surface area contributed by atoms with Crippen molar-refractivity contribution in [2.24, 2.45) is 0 Å². The molecule has 2 aromatic carbocycles. The van der Waals surface area contributed by atoms with E-state index in [1.807, 2.05) is 33.7 Å². The van der Waals surface area contributed by atoms with Crippen LogP contribution in [0.3, 0.4) is 0 Å². The molecule has 2 aromatic heterocycles. The largest absolute Gasteiger partial charge is 0.367 e. The molecule has 168 valence electrons. The Hall–Kier alpha value is -3.30. The number of carbonyl (C=O) groups excluding carboxylic acids is 1. The van der Waals surface area contributed by atoms with Crippen molar-refractivity contribution >= 4 is 49.2 Å². The molecule has 4 aromatic rings. The molecule has 0 spiro atoms. The number of nitrogens with zero attached hydrogens (tertiary/aromatic N) is 3. The number of piperazine rings is 1. The third-order valence-corrected chi connectivity index (χ3v) is 7.21. The van der Waals surface area contributed by atoms with Gasteiger partial charge < -0.3 is 14.8 Å². The van der Waals surface area contributed by atoms with Gasteiger partial charge in [0.2, 0.25) is 5.43 Å². The number of hydrogen-bond acceptors (Lipinski definition) is 6. The predicted molar refractivity (Wildman–Crippen MR) is 129 cm³/mol. The molecule has 0 radical (unpaired) electrons. The molecule has 2 aliphatic rings. The average Bonchev–Trinajstić information content (AvgIpc) is 3.59. The molecular formula is C24H22FN5O2S. The number of amides is 1. The Morgan fingerprint density at radius 1 is 1.18 bits per heavy atom. The summed E-state index contributed by atoms with van der Waals surface area (Å²) in [5.41, 5.74) is 1.50. The SMILES string of the molecule is O=C(Nc1nc2ccccc2s1)c1cn(C2CC2)c2cc(N3CCNCC3)c(F)cc2c1=O. The van der Waals surface area contributed by atoms with Crippen molar-refractivity contribution in [2.75, 3.05) is 36.4 Å². The van der Waals surface area contributed by atoms with Gasteiger partial charge in [0.25, 0.3) is 5.91 Å². The van der Waals surface area contributed by atoms with Gasteiger partial charge >= 0.3 is 0 Å². The Morgan fingerprint density at radius 3 is 2.73 bits per heavy atom. The summed E-state index contributed by atoms with van der Waals surface area (Å²) in [5.74, 6) is -0.963. The van der Waals surface area contributed by atoms with E-state index in [0.717, 1.165) is 36.1 Å². The van der Waals surface area contributed by atoms with Gasteiger partial charge in [-0.25, -0.2) is 9.37 Å². The first-order valence-corrected chi connectivity index (χ1v) is 11.9. The van der Waals surface area contributed by atoms with Crippen LogP contribution in [0, 0.1) is 5.82 Å². The van der Waals surface area contributed by atoms with E-state index in [-0.39, 0.29) is 17.0 Å². The molecule has 9 heteroatoms. The lowest BCUT2D eigenvalue weighted by molar-refractivity contribution is 0.102. The van der Waals surface area contributed by atoms with Crippen molar-refractivity contribution in [3.05, 3.63) is 64.2 Å². The average molecular weight is 464 g/mol. The van der Waals surface area contributed by atoms with Gasteiger partial charge in [0.1, 0.15) is 11.4 Å². The number of rotatable bonds is 4. The summed E-state index contributed by atoms with van der Waals surface area (Å²) in [4.78, 5) is 32.8. The predicted octanol–water partition coefficient (Wildman–Crippen LogP) is 3.75. The number of carbonyl (C=O) groups is 1. The molecule has 1 saturated carbocycles. The van der Waals surface area contributed by atoms with Gasteiger partial charge in [-0.3, -0.25) is 14.9 Å². The van der Waals surface area contributed by atoms with Gasteiger partial charge in [-0.05, 0) is 37.1 Å². The fraction of sp³-hybridized carbons (Fsp3) is 0.292. The summed E-state index contributed by atoms with van der Waals surface area (Å²) in [7, 11) is 0. The van der Waals surface area contributed by atoms with Crippen LogP contribution in [0.4, 0.5) is 15.2 Å². The zero-order valence-electron chi connectivity index (χ0n) is 17.8. The maximum Gasteiger partial charge on any atom is 0.262 e. The van der Waals surface area contributed by atoms with Crippen molar-refractivity contribution in [1.82, 2.24) is 14.9 Å². The van der Waals surface area contributed by atoms with Crippen LogP contribution < -0.4 is 21.0 Å². The van der Waals surface area contributed by atoms with Gasteiger partial charge in [0.15, 0.2) is 5.13 Å². The Labute approximate surface area is 192 Å². The summed E-state index contributed by atoms with van der Waals surface area (Å²) < 4.78 is 18.0. The van der Waals surface area contributed by atoms with Gasteiger partial charge in [-0.1, -0.05) is 23.5 Å². The van der Waals surface area contributed by atoms with Crippen LogP contribution >= 0.6 is 11.3 Å². The zero-order chi connectivity index (χ0) is 22.5. The highest BCUT2D eigenvalue weighted by atomic mass is 32.1. The number of hydrogen-bond donors (Lipinski definition) is 2. The molecule has 6 rings (SSSR count). The smallest absolute Gasteiger partial charge is 0.262 e. The van der Waals surface area contributed by atoms with E-state index < -0.39 is 17.2 Å². The standard InChI is InChI=1S/C24H22FN5O2S/c25-17-11-15-19(12-20(17)29-9-7-26-8-10-29)30(14-5-6-14)13-16(22(15)31)23(32)28-24-27-18-3-1-2-4-21(18)33-24/h1-4,11-14,26H,5-10H2,(H,27,28,32). The lowest BCUT2D eigenvalue weighted by Gasteiger charge is -2.30. The fourth-order valence-corrected chi connectivity index (χ4v) is 5.27. The number of anilines is 2. The first kappa shape index (κ1) is 20.3. The minimum Gasteiger partial charge on any atom is -0.367 e. The highest BCUT2D eigenvalue weighted by Crippen LogP contribution is 2.38. The third-order valence-electron chi connectivity index (χ3n) is 6.26. The van der Waals surface area contributed by atoms with E-state index in [2.05, 4.69) is 15.6 Å². The molecule has 0 atom stereocenters. The van der Waals surface area contributed by atoms with E-state index >= 15 is 4.39 Å². The number of para-hydroxylation sites is 1. The minimum absolute atomic E-state index is 0.00276. The van der Waals surface area contributed by atoms with E-state index in [0.29, 0.717) is 29.4 Å². The van der Waals surface area contributed by atoms with Crippen LogP contribution in [0.5, 0.6) is 0 Å². The van der Waals surface area contributed by atoms with Crippen molar-refractivity contribution < 1.29 is 9.18 Å².